The molecule has 1 heterocycles. The highest BCUT2D eigenvalue weighted by molar-refractivity contribution is 7.90. The predicted octanol–water partition coefficient (Wildman–Crippen LogP) is 4.43. The van der Waals surface area contributed by atoms with Crippen molar-refractivity contribution in [2.75, 3.05) is 26.6 Å². The SMILES string of the molecule is CC(C)(CC1(c2ccc(CCl)cc2)COC1)[S+]([O-])NCOCC[Si](C)(C)C. The maximum Gasteiger partial charge on any atom is 0.140 e. The van der Waals surface area contributed by atoms with Gasteiger partial charge in [-0.2, -0.15) is 0 Å². The number of rotatable bonds is 11. The molecule has 1 aromatic rings. The normalized spacial score (nSPS) is 18.2. The Labute approximate surface area is 173 Å². The molecule has 1 aliphatic rings. The average Bonchev–Trinajstić information content (AvgIpc) is 2.57. The van der Waals surface area contributed by atoms with Gasteiger partial charge in [0.2, 0.25) is 0 Å². The van der Waals surface area contributed by atoms with Crippen molar-refractivity contribution >= 4 is 31.0 Å². The van der Waals surface area contributed by atoms with Crippen molar-refractivity contribution in [2.24, 2.45) is 0 Å². The summed E-state index contributed by atoms with van der Waals surface area (Å²) in [5.74, 6) is 0.515. The molecule has 0 radical (unpaired) electrons. The van der Waals surface area contributed by atoms with E-state index in [4.69, 9.17) is 21.1 Å². The van der Waals surface area contributed by atoms with Crippen LogP contribution in [0.2, 0.25) is 25.7 Å². The minimum absolute atomic E-state index is 0.0790. The molecule has 0 amide bonds. The first-order chi connectivity index (χ1) is 12.6. The highest BCUT2D eigenvalue weighted by Gasteiger charge is 2.48. The summed E-state index contributed by atoms with van der Waals surface area (Å²) in [6, 6.07) is 9.51. The van der Waals surface area contributed by atoms with Gasteiger partial charge in [0.15, 0.2) is 0 Å². The molecule has 4 nitrogen and oxygen atoms in total. The van der Waals surface area contributed by atoms with Crippen LogP contribution < -0.4 is 4.72 Å². The predicted molar refractivity (Wildman–Crippen MR) is 117 cm³/mol. The van der Waals surface area contributed by atoms with Gasteiger partial charge < -0.3 is 14.0 Å². The van der Waals surface area contributed by atoms with E-state index in [2.05, 4.69) is 48.6 Å². The molecule has 0 aliphatic carbocycles. The molecule has 1 unspecified atom stereocenters. The van der Waals surface area contributed by atoms with E-state index in [9.17, 15) is 4.55 Å². The summed E-state index contributed by atoms with van der Waals surface area (Å²) >= 11 is 4.71. The van der Waals surface area contributed by atoms with E-state index in [1.54, 1.807) is 0 Å². The van der Waals surface area contributed by atoms with Crippen molar-refractivity contribution in [3.63, 3.8) is 0 Å². The smallest absolute Gasteiger partial charge is 0.140 e. The fourth-order valence-corrected chi connectivity index (χ4v) is 5.21. The number of benzene rings is 1. The van der Waals surface area contributed by atoms with Crippen LogP contribution in [0.3, 0.4) is 0 Å². The van der Waals surface area contributed by atoms with Crippen LogP contribution in [0, 0.1) is 0 Å². The van der Waals surface area contributed by atoms with Crippen LogP contribution in [-0.2, 0) is 32.1 Å². The van der Waals surface area contributed by atoms with Gasteiger partial charge >= 0.3 is 0 Å². The van der Waals surface area contributed by atoms with Crippen LogP contribution in [0.5, 0.6) is 0 Å². The third kappa shape index (κ3) is 6.73. The van der Waals surface area contributed by atoms with E-state index in [1.165, 1.54) is 5.56 Å². The molecule has 0 aromatic heterocycles. The number of hydrogen-bond donors (Lipinski definition) is 1. The number of hydrogen-bond acceptors (Lipinski definition) is 4. The second-order valence-corrected chi connectivity index (χ2v) is 17.1. The van der Waals surface area contributed by atoms with Crippen molar-refractivity contribution in [3.05, 3.63) is 35.4 Å². The average molecular weight is 432 g/mol. The van der Waals surface area contributed by atoms with Crippen LogP contribution in [0.4, 0.5) is 0 Å². The second-order valence-electron chi connectivity index (χ2n) is 9.32. The quantitative estimate of drug-likeness (QED) is 0.185. The molecular formula is C20H34ClNO3SSi. The highest BCUT2D eigenvalue weighted by atomic mass is 35.5. The Morgan fingerprint density at radius 1 is 1.26 bits per heavy atom. The Kier molecular flexibility index (Phi) is 8.26. The molecule has 1 N–H and O–H groups in total. The Morgan fingerprint density at radius 2 is 1.89 bits per heavy atom. The van der Waals surface area contributed by atoms with Crippen LogP contribution in [0.1, 0.15) is 31.4 Å². The second kappa shape index (κ2) is 9.61. The molecular weight excluding hydrogens is 398 g/mol. The monoisotopic (exact) mass is 431 g/mol. The maximum absolute atomic E-state index is 12.8. The third-order valence-corrected chi connectivity index (χ3v) is 8.57. The standard InChI is InChI=1S/C20H34ClNO3SSi/c1-19(2,26(23)22-16-24-10-11-27(3,4)5)13-20(14-25-15-20)18-8-6-17(12-21)7-9-18/h6-9,22H,10-16H2,1-5H3. The number of ether oxygens (including phenoxy) is 2. The zero-order chi connectivity index (χ0) is 20.1. The van der Waals surface area contributed by atoms with E-state index >= 15 is 0 Å². The fourth-order valence-electron chi connectivity index (χ4n) is 3.29. The van der Waals surface area contributed by atoms with Crippen LogP contribution in [-0.4, -0.2) is 43.9 Å². The van der Waals surface area contributed by atoms with Crippen molar-refractivity contribution in [3.8, 4) is 0 Å². The molecule has 1 aliphatic heterocycles. The van der Waals surface area contributed by atoms with Gasteiger partial charge in [0, 0.05) is 43.8 Å². The Bertz CT molecular complexity index is 588. The molecule has 27 heavy (non-hydrogen) atoms. The first kappa shape index (κ1) is 23.2. The molecule has 0 bridgehead atoms. The maximum atomic E-state index is 12.8. The molecule has 154 valence electrons. The molecule has 0 spiro atoms. The number of alkyl halides is 1. The fraction of sp³-hybridized carbons (Fsp3) is 0.700. The van der Waals surface area contributed by atoms with Crippen molar-refractivity contribution in [2.45, 2.75) is 62.0 Å². The number of halogens is 1. The van der Waals surface area contributed by atoms with Gasteiger partial charge in [-0.1, -0.05) is 43.9 Å². The molecule has 0 saturated carbocycles. The molecule has 1 aromatic carbocycles. The van der Waals surface area contributed by atoms with Gasteiger partial charge in [0.05, 0.1) is 13.2 Å². The first-order valence-electron chi connectivity index (χ1n) is 9.54. The Balaban J connectivity index is 1.90. The summed E-state index contributed by atoms with van der Waals surface area (Å²) in [5.41, 5.74) is 2.26. The molecule has 7 heteroatoms. The summed E-state index contributed by atoms with van der Waals surface area (Å²) in [5, 5.41) is 0. The number of nitrogens with one attached hydrogen (secondary N) is 1. The zero-order valence-electron chi connectivity index (χ0n) is 17.3. The lowest BCUT2D eigenvalue weighted by Gasteiger charge is -2.46. The lowest BCUT2D eigenvalue weighted by atomic mass is 9.72. The van der Waals surface area contributed by atoms with Gasteiger partial charge in [-0.25, -0.2) is 0 Å². The lowest BCUT2D eigenvalue weighted by Crippen LogP contribution is -2.54. The molecule has 1 saturated heterocycles. The van der Waals surface area contributed by atoms with Gasteiger partial charge in [0.1, 0.15) is 11.5 Å². The van der Waals surface area contributed by atoms with Crippen molar-refractivity contribution in [1.29, 1.82) is 0 Å². The van der Waals surface area contributed by atoms with Crippen molar-refractivity contribution < 1.29 is 14.0 Å². The summed E-state index contributed by atoms with van der Waals surface area (Å²) in [6.07, 6.45) is 0.786. The van der Waals surface area contributed by atoms with E-state index < -0.39 is 24.2 Å². The van der Waals surface area contributed by atoms with Gasteiger partial charge in [-0.15, -0.1) is 16.3 Å². The Morgan fingerprint density at radius 3 is 2.37 bits per heavy atom. The van der Waals surface area contributed by atoms with E-state index in [0.29, 0.717) is 25.8 Å². The molecule has 1 fully saturated rings. The van der Waals surface area contributed by atoms with Crippen LogP contribution in [0.25, 0.3) is 0 Å². The third-order valence-electron chi connectivity index (χ3n) is 5.03. The Hall–Kier alpha value is -0.0831. The highest BCUT2D eigenvalue weighted by Crippen LogP contribution is 2.41. The van der Waals surface area contributed by atoms with E-state index in [0.717, 1.165) is 24.6 Å². The summed E-state index contributed by atoms with van der Waals surface area (Å²) < 4.78 is 26.7. The lowest BCUT2D eigenvalue weighted by molar-refractivity contribution is -0.0681. The van der Waals surface area contributed by atoms with Crippen LogP contribution in [0.15, 0.2) is 24.3 Å². The zero-order valence-corrected chi connectivity index (χ0v) is 19.8. The first-order valence-corrected chi connectivity index (χ1v) is 14.9. The largest absolute Gasteiger partial charge is 0.598 e. The van der Waals surface area contributed by atoms with Gasteiger partial charge in [-0.05, 0) is 31.0 Å². The minimum atomic E-state index is -1.19. The van der Waals surface area contributed by atoms with Crippen molar-refractivity contribution in [1.82, 2.24) is 4.72 Å². The molecule has 1 atom stereocenters. The van der Waals surface area contributed by atoms with E-state index in [-0.39, 0.29) is 5.41 Å². The topological polar surface area (TPSA) is 53.5 Å². The minimum Gasteiger partial charge on any atom is -0.598 e. The van der Waals surface area contributed by atoms with Gasteiger partial charge in [0.25, 0.3) is 0 Å². The molecule has 2 rings (SSSR count). The summed E-state index contributed by atoms with van der Waals surface area (Å²) in [6.45, 7) is 13.5. The van der Waals surface area contributed by atoms with E-state index in [1.807, 2.05) is 13.8 Å². The summed E-state index contributed by atoms with van der Waals surface area (Å²) in [7, 11) is -1.10. The van der Waals surface area contributed by atoms with Crippen LogP contribution >= 0.6 is 11.6 Å². The summed E-state index contributed by atoms with van der Waals surface area (Å²) in [4.78, 5) is 0. The van der Waals surface area contributed by atoms with Gasteiger partial charge in [-0.3, -0.25) is 0 Å².